The van der Waals surface area contributed by atoms with Crippen molar-refractivity contribution in [1.29, 1.82) is 0 Å². The molecule has 1 aromatic carbocycles. The van der Waals surface area contributed by atoms with E-state index in [0.29, 0.717) is 5.82 Å². The minimum Gasteiger partial charge on any atom is -0.394 e. The Morgan fingerprint density at radius 3 is 2.71 bits per heavy atom. The molecule has 1 atom stereocenters. The number of hydrogen-bond donors (Lipinski definition) is 1. The fourth-order valence-electron chi connectivity index (χ4n) is 2.96. The highest BCUT2D eigenvalue weighted by atomic mass is 19.1. The number of aryl methyl sites for hydroxylation is 1. The lowest BCUT2D eigenvalue weighted by atomic mass is 9.91. The van der Waals surface area contributed by atoms with Gasteiger partial charge in [-0.3, -0.25) is 4.99 Å². The zero-order valence-corrected chi connectivity index (χ0v) is 14.1. The van der Waals surface area contributed by atoms with Crippen molar-refractivity contribution in [2.75, 3.05) is 7.05 Å². The maximum absolute atomic E-state index is 13.4. The first kappa shape index (κ1) is 16.4. The molecule has 2 N–H and O–H groups in total. The van der Waals surface area contributed by atoms with Crippen LogP contribution in [0, 0.1) is 6.92 Å². The third-order valence-corrected chi connectivity index (χ3v) is 4.48. The van der Waals surface area contributed by atoms with E-state index in [1.807, 2.05) is 12.1 Å². The van der Waals surface area contributed by atoms with Crippen LogP contribution in [0.25, 0.3) is 5.70 Å². The van der Waals surface area contributed by atoms with Crippen LogP contribution in [0.4, 0.5) is 4.39 Å². The maximum atomic E-state index is 13.4. The molecule has 0 saturated heterocycles. The van der Waals surface area contributed by atoms with Gasteiger partial charge in [0.1, 0.15) is 6.17 Å². The van der Waals surface area contributed by atoms with Gasteiger partial charge in [-0.15, -0.1) is 0 Å². The predicted octanol–water partition coefficient (Wildman–Crippen LogP) is 3.19. The summed E-state index contributed by atoms with van der Waals surface area (Å²) in [4.78, 5) is 8.34. The number of hydrogen-bond acceptors (Lipinski definition) is 5. The number of alkyl halides is 1. The number of rotatable bonds is 5. The summed E-state index contributed by atoms with van der Waals surface area (Å²) >= 11 is 0. The topological polar surface area (TPSA) is 77.3 Å². The molecule has 1 aliphatic rings. The molecule has 24 heavy (non-hydrogen) atoms. The standard InChI is InChI=1S/C18H21FN4O/c1-11-6-4-5-7-13(11)18(8-9-18)17-22-16(24-23-17)14(20)10-15(21-3)12(2)19/h4-7,10,12H,8-9,20H2,1-3H3/b14-10-,21-15?. The maximum Gasteiger partial charge on any atom is 0.273 e. The van der Waals surface area contributed by atoms with Crippen LogP contribution in [0.2, 0.25) is 0 Å². The van der Waals surface area contributed by atoms with Crippen LogP contribution in [-0.2, 0) is 5.41 Å². The molecule has 1 unspecified atom stereocenters. The molecule has 0 aliphatic heterocycles. The molecule has 1 heterocycles. The summed E-state index contributed by atoms with van der Waals surface area (Å²) in [6.45, 7) is 3.49. The fourth-order valence-corrected chi connectivity index (χ4v) is 2.96. The van der Waals surface area contributed by atoms with Gasteiger partial charge < -0.3 is 10.3 Å². The Bertz CT molecular complexity index is 803. The molecular formula is C18H21FN4O. The van der Waals surface area contributed by atoms with Crippen molar-refractivity contribution in [2.24, 2.45) is 10.7 Å². The van der Waals surface area contributed by atoms with Crippen LogP contribution in [-0.4, -0.2) is 29.1 Å². The van der Waals surface area contributed by atoms with Crippen LogP contribution in [0.3, 0.4) is 0 Å². The van der Waals surface area contributed by atoms with E-state index < -0.39 is 6.17 Å². The van der Waals surface area contributed by atoms with Gasteiger partial charge in [0.05, 0.1) is 16.8 Å². The van der Waals surface area contributed by atoms with Crippen LogP contribution in [0.5, 0.6) is 0 Å². The van der Waals surface area contributed by atoms with E-state index >= 15 is 0 Å². The van der Waals surface area contributed by atoms with E-state index in [9.17, 15) is 4.39 Å². The van der Waals surface area contributed by atoms with Gasteiger partial charge in [-0.25, -0.2) is 4.39 Å². The molecule has 1 aliphatic carbocycles. The predicted molar refractivity (Wildman–Crippen MR) is 91.6 cm³/mol. The van der Waals surface area contributed by atoms with E-state index in [-0.39, 0.29) is 22.7 Å². The number of nitrogens with zero attached hydrogens (tertiary/aromatic N) is 3. The Morgan fingerprint density at radius 2 is 2.12 bits per heavy atom. The van der Waals surface area contributed by atoms with Crippen LogP contribution >= 0.6 is 0 Å². The van der Waals surface area contributed by atoms with Gasteiger partial charge in [-0.2, -0.15) is 4.98 Å². The van der Waals surface area contributed by atoms with Gasteiger partial charge in [-0.05, 0) is 43.9 Å². The average Bonchev–Trinajstić information content (AvgIpc) is 3.21. The summed E-state index contributed by atoms with van der Waals surface area (Å²) in [6, 6.07) is 8.22. The largest absolute Gasteiger partial charge is 0.394 e. The summed E-state index contributed by atoms with van der Waals surface area (Å²) in [5.74, 6) is 0.832. The molecule has 1 saturated carbocycles. The summed E-state index contributed by atoms with van der Waals surface area (Å²) in [6.07, 6.45) is 2.18. The zero-order chi connectivity index (χ0) is 17.3. The van der Waals surface area contributed by atoms with Crippen molar-refractivity contribution in [2.45, 2.75) is 38.3 Å². The second-order valence-electron chi connectivity index (χ2n) is 6.18. The van der Waals surface area contributed by atoms with Gasteiger partial charge in [0.2, 0.25) is 0 Å². The van der Waals surface area contributed by atoms with Gasteiger partial charge in [-0.1, -0.05) is 29.4 Å². The summed E-state index contributed by atoms with van der Waals surface area (Å²) in [7, 11) is 1.52. The van der Waals surface area contributed by atoms with Crippen molar-refractivity contribution in [1.82, 2.24) is 10.1 Å². The van der Waals surface area contributed by atoms with Crippen LogP contribution in [0.15, 0.2) is 39.9 Å². The van der Waals surface area contributed by atoms with Crippen molar-refractivity contribution in [3.8, 4) is 0 Å². The average molecular weight is 328 g/mol. The first-order chi connectivity index (χ1) is 11.5. The fraction of sp³-hybridized carbons (Fsp3) is 0.389. The van der Waals surface area contributed by atoms with Gasteiger partial charge in [0, 0.05) is 7.05 Å². The molecule has 5 nitrogen and oxygen atoms in total. The lowest BCUT2D eigenvalue weighted by molar-refractivity contribution is 0.396. The highest BCUT2D eigenvalue weighted by molar-refractivity contribution is 6.02. The minimum atomic E-state index is -1.21. The van der Waals surface area contributed by atoms with Crippen molar-refractivity contribution in [3.63, 3.8) is 0 Å². The summed E-state index contributed by atoms with van der Waals surface area (Å²) in [5, 5.41) is 4.13. The van der Waals surface area contributed by atoms with Crippen LogP contribution < -0.4 is 5.73 Å². The highest BCUT2D eigenvalue weighted by Crippen LogP contribution is 2.53. The van der Waals surface area contributed by atoms with Crippen LogP contribution in [0.1, 0.15) is 42.6 Å². The minimum absolute atomic E-state index is 0.192. The molecule has 0 radical (unpaired) electrons. The molecular weight excluding hydrogens is 307 g/mol. The summed E-state index contributed by atoms with van der Waals surface area (Å²) in [5.41, 5.74) is 8.67. The molecule has 3 rings (SSSR count). The molecule has 1 aromatic heterocycles. The Morgan fingerprint density at radius 1 is 1.42 bits per heavy atom. The van der Waals surface area contributed by atoms with Gasteiger partial charge >= 0.3 is 0 Å². The molecule has 1 fully saturated rings. The quantitative estimate of drug-likeness (QED) is 0.855. The Balaban J connectivity index is 1.92. The lowest BCUT2D eigenvalue weighted by Gasteiger charge is -2.13. The van der Waals surface area contributed by atoms with E-state index in [1.165, 1.54) is 31.2 Å². The van der Waals surface area contributed by atoms with E-state index in [1.54, 1.807) is 0 Å². The number of aliphatic imine (C=N–C) groups is 1. The molecule has 6 heteroatoms. The Kier molecular flexibility index (Phi) is 4.22. The monoisotopic (exact) mass is 328 g/mol. The van der Waals surface area contributed by atoms with E-state index in [2.05, 4.69) is 34.2 Å². The lowest BCUT2D eigenvalue weighted by Crippen LogP contribution is -2.13. The summed E-state index contributed by atoms with van der Waals surface area (Å²) < 4.78 is 18.7. The molecule has 0 spiro atoms. The molecule has 126 valence electrons. The second kappa shape index (κ2) is 6.19. The van der Waals surface area contributed by atoms with Gasteiger partial charge in [0.15, 0.2) is 5.82 Å². The SMILES string of the molecule is CN=C(/C=C(\N)c1nc(C2(c3ccccc3C)CC2)no1)C(C)F. The van der Waals surface area contributed by atoms with Crippen molar-refractivity contribution >= 4 is 11.4 Å². The number of halogens is 1. The van der Waals surface area contributed by atoms with Crippen molar-refractivity contribution < 1.29 is 8.91 Å². The van der Waals surface area contributed by atoms with E-state index in [0.717, 1.165) is 12.8 Å². The number of aromatic nitrogens is 2. The number of nitrogens with two attached hydrogens (primary N) is 1. The smallest absolute Gasteiger partial charge is 0.273 e. The third-order valence-electron chi connectivity index (χ3n) is 4.48. The molecule has 0 amide bonds. The Labute approximate surface area is 140 Å². The second-order valence-corrected chi connectivity index (χ2v) is 6.18. The number of benzene rings is 1. The number of allylic oxidation sites excluding steroid dienone is 1. The zero-order valence-electron chi connectivity index (χ0n) is 14.1. The first-order valence-corrected chi connectivity index (χ1v) is 7.96. The molecule has 2 aromatic rings. The van der Waals surface area contributed by atoms with E-state index in [4.69, 9.17) is 10.3 Å². The van der Waals surface area contributed by atoms with Crippen molar-refractivity contribution in [3.05, 3.63) is 53.2 Å². The normalized spacial score (nSPS) is 18.5. The highest BCUT2D eigenvalue weighted by Gasteiger charge is 2.50. The van der Waals surface area contributed by atoms with Gasteiger partial charge in [0.25, 0.3) is 5.89 Å². The Hall–Kier alpha value is -2.50. The third kappa shape index (κ3) is 2.84. The molecule has 0 bridgehead atoms. The first-order valence-electron chi connectivity index (χ1n) is 7.96.